The molecule has 0 aromatic rings. The SMILES string of the molecule is CC(C)(O)[C@@H]1CC[C@@]2(C)C=CC(=O)C=C2C1. The van der Waals surface area contributed by atoms with E-state index in [0.717, 1.165) is 19.3 Å². The monoisotopic (exact) mass is 220 g/mol. The molecule has 0 radical (unpaired) electrons. The van der Waals surface area contributed by atoms with Crippen molar-refractivity contribution in [3.63, 3.8) is 0 Å². The Morgan fingerprint density at radius 2 is 2.19 bits per heavy atom. The highest BCUT2D eigenvalue weighted by atomic mass is 16.3. The first kappa shape index (κ1) is 11.6. The van der Waals surface area contributed by atoms with Gasteiger partial charge in [-0.2, -0.15) is 0 Å². The lowest BCUT2D eigenvalue weighted by Crippen LogP contribution is -2.38. The molecule has 2 aliphatic rings. The number of rotatable bonds is 1. The summed E-state index contributed by atoms with van der Waals surface area (Å²) >= 11 is 0. The summed E-state index contributed by atoms with van der Waals surface area (Å²) in [6, 6.07) is 0. The van der Waals surface area contributed by atoms with Gasteiger partial charge in [-0.05, 0) is 51.2 Å². The number of carbonyl (C=O) groups excluding carboxylic acids is 1. The van der Waals surface area contributed by atoms with E-state index in [1.54, 1.807) is 12.2 Å². The molecule has 1 N–H and O–H groups in total. The average molecular weight is 220 g/mol. The molecule has 0 bridgehead atoms. The van der Waals surface area contributed by atoms with Crippen LogP contribution in [0.15, 0.2) is 23.8 Å². The molecule has 0 aromatic carbocycles. The standard InChI is InChI=1S/C14H20O2/c1-13(2,16)10-4-6-14(3)7-5-12(15)9-11(14)8-10/h5,7,9-10,16H,4,6,8H2,1-3H3/t10-,14+/m1/s1. The molecule has 0 aliphatic heterocycles. The van der Waals surface area contributed by atoms with E-state index >= 15 is 0 Å². The smallest absolute Gasteiger partial charge is 0.178 e. The first-order valence-electron chi connectivity index (χ1n) is 5.98. The Balaban J connectivity index is 2.24. The number of carbonyl (C=O) groups is 1. The van der Waals surface area contributed by atoms with Crippen LogP contribution in [0.25, 0.3) is 0 Å². The second-order valence-electron chi connectivity index (χ2n) is 5.92. The van der Waals surface area contributed by atoms with E-state index in [9.17, 15) is 9.90 Å². The van der Waals surface area contributed by atoms with E-state index in [1.807, 2.05) is 19.9 Å². The largest absolute Gasteiger partial charge is 0.390 e. The summed E-state index contributed by atoms with van der Waals surface area (Å²) in [6.45, 7) is 5.91. The topological polar surface area (TPSA) is 37.3 Å². The molecule has 2 aliphatic carbocycles. The Kier molecular flexibility index (Phi) is 2.58. The predicted molar refractivity (Wildman–Crippen MR) is 64.0 cm³/mol. The number of fused-ring (bicyclic) bond motifs is 1. The highest BCUT2D eigenvalue weighted by Gasteiger charge is 2.40. The lowest BCUT2D eigenvalue weighted by molar-refractivity contribution is -0.110. The van der Waals surface area contributed by atoms with Gasteiger partial charge in [-0.3, -0.25) is 4.79 Å². The zero-order valence-electron chi connectivity index (χ0n) is 10.3. The molecule has 1 saturated carbocycles. The highest BCUT2D eigenvalue weighted by molar-refractivity contribution is 6.01. The summed E-state index contributed by atoms with van der Waals surface area (Å²) in [6.07, 6.45) is 8.36. The third-order valence-corrected chi connectivity index (χ3v) is 4.14. The third-order valence-electron chi connectivity index (χ3n) is 4.14. The first-order chi connectivity index (χ1) is 7.31. The van der Waals surface area contributed by atoms with E-state index in [2.05, 4.69) is 6.92 Å². The minimum absolute atomic E-state index is 0.0513. The Labute approximate surface area is 97.0 Å². The summed E-state index contributed by atoms with van der Waals surface area (Å²) in [5.74, 6) is 0.356. The van der Waals surface area contributed by atoms with Crippen LogP contribution in [0.4, 0.5) is 0 Å². The van der Waals surface area contributed by atoms with Crippen LogP contribution in [0.5, 0.6) is 0 Å². The van der Waals surface area contributed by atoms with Gasteiger partial charge in [0.25, 0.3) is 0 Å². The zero-order chi connectivity index (χ0) is 12.0. The molecule has 1 fully saturated rings. The number of hydrogen-bond acceptors (Lipinski definition) is 2. The molecule has 0 unspecified atom stereocenters. The van der Waals surface area contributed by atoms with Gasteiger partial charge in [-0.25, -0.2) is 0 Å². The van der Waals surface area contributed by atoms with Gasteiger partial charge in [0, 0.05) is 5.41 Å². The lowest BCUT2D eigenvalue weighted by atomic mass is 9.63. The van der Waals surface area contributed by atoms with Crippen molar-refractivity contribution in [1.82, 2.24) is 0 Å². The van der Waals surface area contributed by atoms with Crippen molar-refractivity contribution in [1.29, 1.82) is 0 Å². The maximum Gasteiger partial charge on any atom is 0.178 e. The van der Waals surface area contributed by atoms with Crippen molar-refractivity contribution in [3.8, 4) is 0 Å². The fourth-order valence-corrected chi connectivity index (χ4v) is 2.74. The zero-order valence-corrected chi connectivity index (χ0v) is 10.3. The van der Waals surface area contributed by atoms with Crippen molar-refractivity contribution in [2.24, 2.45) is 11.3 Å². The number of hydrogen-bond donors (Lipinski definition) is 1. The highest BCUT2D eigenvalue weighted by Crippen LogP contribution is 2.48. The molecule has 2 atom stereocenters. The van der Waals surface area contributed by atoms with Crippen molar-refractivity contribution >= 4 is 5.78 Å². The molecule has 16 heavy (non-hydrogen) atoms. The maximum absolute atomic E-state index is 11.4. The van der Waals surface area contributed by atoms with Crippen molar-refractivity contribution < 1.29 is 9.90 Å². The van der Waals surface area contributed by atoms with E-state index in [4.69, 9.17) is 0 Å². The van der Waals surface area contributed by atoms with Crippen LogP contribution in [0.3, 0.4) is 0 Å². The summed E-state index contributed by atoms with van der Waals surface area (Å²) in [5, 5.41) is 10.1. The molecule has 0 spiro atoms. The number of allylic oxidation sites excluding steroid dienone is 4. The van der Waals surface area contributed by atoms with Crippen LogP contribution in [-0.4, -0.2) is 16.5 Å². The van der Waals surface area contributed by atoms with Crippen LogP contribution in [-0.2, 0) is 4.79 Å². The lowest BCUT2D eigenvalue weighted by Gasteiger charge is -2.43. The van der Waals surface area contributed by atoms with E-state index < -0.39 is 5.60 Å². The van der Waals surface area contributed by atoms with Gasteiger partial charge < -0.3 is 5.11 Å². The number of aliphatic hydroxyl groups is 1. The number of ketones is 1. The Morgan fingerprint density at radius 1 is 1.50 bits per heavy atom. The minimum atomic E-state index is -0.646. The Morgan fingerprint density at radius 3 is 2.81 bits per heavy atom. The molecule has 88 valence electrons. The third kappa shape index (κ3) is 1.99. The molecular formula is C14H20O2. The van der Waals surface area contributed by atoms with Gasteiger partial charge in [-0.1, -0.05) is 18.6 Å². The molecule has 0 heterocycles. The van der Waals surface area contributed by atoms with Crippen LogP contribution >= 0.6 is 0 Å². The minimum Gasteiger partial charge on any atom is -0.390 e. The predicted octanol–water partition coefficient (Wildman–Crippen LogP) is 2.63. The average Bonchev–Trinajstić information content (AvgIpc) is 2.16. The summed E-state index contributed by atoms with van der Waals surface area (Å²) in [4.78, 5) is 11.4. The van der Waals surface area contributed by atoms with Gasteiger partial charge in [-0.15, -0.1) is 0 Å². The van der Waals surface area contributed by atoms with Crippen molar-refractivity contribution in [2.45, 2.75) is 45.6 Å². The van der Waals surface area contributed by atoms with Gasteiger partial charge >= 0.3 is 0 Å². The second-order valence-corrected chi connectivity index (χ2v) is 5.92. The molecule has 2 nitrogen and oxygen atoms in total. The summed E-state index contributed by atoms with van der Waals surface area (Å²) in [7, 11) is 0. The van der Waals surface area contributed by atoms with Gasteiger partial charge in [0.2, 0.25) is 0 Å². The fraction of sp³-hybridized carbons (Fsp3) is 0.643. The molecule has 0 amide bonds. The normalized spacial score (nSPS) is 34.6. The van der Waals surface area contributed by atoms with E-state index in [-0.39, 0.29) is 17.1 Å². The second kappa shape index (κ2) is 3.56. The molecule has 0 aromatic heterocycles. The van der Waals surface area contributed by atoms with Gasteiger partial charge in [0.15, 0.2) is 5.78 Å². The van der Waals surface area contributed by atoms with Gasteiger partial charge in [0.1, 0.15) is 0 Å². The quantitative estimate of drug-likeness (QED) is 0.737. The first-order valence-corrected chi connectivity index (χ1v) is 5.98. The van der Waals surface area contributed by atoms with Crippen molar-refractivity contribution in [2.75, 3.05) is 0 Å². The van der Waals surface area contributed by atoms with Crippen LogP contribution < -0.4 is 0 Å². The summed E-state index contributed by atoms with van der Waals surface area (Å²) in [5.41, 5.74) is 0.598. The van der Waals surface area contributed by atoms with Crippen molar-refractivity contribution in [3.05, 3.63) is 23.8 Å². The molecule has 2 rings (SSSR count). The molecule has 2 heteroatoms. The van der Waals surface area contributed by atoms with Crippen LogP contribution in [0.2, 0.25) is 0 Å². The van der Waals surface area contributed by atoms with Crippen LogP contribution in [0, 0.1) is 11.3 Å². The molecular weight excluding hydrogens is 200 g/mol. The van der Waals surface area contributed by atoms with Crippen LogP contribution in [0.1, 0.15) is 40.0 Å². The Bertz CT molecular complexity index is 371. The van der Waals surface area contributed by atoms with E-state index in [1.165, 1.54) is 5.57 Å². The summed E-state index contributed by atoms with van der Waals surface area (Å²) < 4.78 is 0. The van der Waals surface area contributed by atoms with E-state index in [0.29, 0.717) is 0 Å². The fourth-order valence-electron chi connectivity index (χ4n) is 2.74. The Hall–Kier alpha value is -0.890. The van der Waals surface area contributed by atoms with Gasteiger partial charge in [0.05, 0.1) is 5.60 Å². The maximum atomic E-state index is 11.4. The molecule has 0 saturated heterocycles.